The van der Waals surface area contributed by atoms with Gasteiger partial charge in [0.25, 0.3) is 0 Å². The molecule has 0 aliphatic rings. The number of rotatable bonds is 8. The van der Waals surface area contributed by atoms with E-state index in [1.807, 2.05) is 24.3 Å². The van der Waals surface area contributed by atoms with E-state index in [2.05, 4.69) is 37.5 Å². The zero-order valence-corrected chi connectivity index (χ0v) is 17.4. The molecule has 0 saturated heterocycles. The van der Waals surface area contributed by atoms with E-state index in [-0.39, 0.29) is 5.78 Å². The van der Waals surface area contributed by atoms with Crippen molar-refractivity contribution in [3.05, 3.63) is 57.6 Å². The van der Waals surface area contributed by atoms with Crippen LogP contribution in [0.5, 0.6) is 0 Å². The average Bonchev–Trinajstić information content (AvgIpc) is 2.64. The highest BCUT2D eigenvalue weighted by atomic mass is 35.5. The molecule has 0 unspecified atom stereocenters. The molecule has 0 aliphatic carbocycles. The van der Waals surface area contributed by atoms with Gasteiger partial charge in [-0.25, -0.2) is 0 Å². The number of hydrogen-bond acceptors (Lipinski definition) is 3. The van der Waals surface area contributed by atoms with Gasteiger partial charge in [-0.05, 0) is 64.1 Å². The number of halogens is 2. The van der Waals surface area contributed by atoms with Gasteiger partial charge in [0, 0.05) is 43.0 Å². The molecule has 5 heteroatoms. The Morgan fingerprint density at radius 1 is 0.808 bits per heavy atom. The maximum absolute atomic E-state index is 12.9. The second kappa shape index (κ2) is 9.29. The molecule has 2 aromatic carbocycles. The minimum Gasteiger partial charge on any atom is -0.372 e. The van der Waals surface area contributed by atoms with Gasteiger partial charge >= 0.3 is 0 Å². The molecule has 0 aliphatic heterocycles. The number of carbonyl (C=O) groups is 1. The summed E-state index contributed by atoms with van der Waals surface area (Å²) < 4.78 is 0. The van der Waals surface area contributed by atoms with Crippen molar-refractivity contribution in [2.45, 2.75) is 27.7 Å². The van der Waals surface area contributed by atoms with Crippen LogP contribution >= 0.6 is 23.2 Å². The van der Waals surface area contributed by atoms with E-state index in [0.717, 1.165) is 37.6 Å². The molecule has 0 heterocycles. The van der Waals surface area contributed by atoms with Crippen LogP contribution in [0.4, 0.5) is 11.4 Å². The Morgan fingerprint density at radius 2 is 1.42 bits per heavy atom. The minimum absolute atomic E-state index is 0.117. The second-order valence-electron chi connectivity index (χ2n) is 6.00. The number of nitrogens with zero attached hydrogens (tertiary/aromatic N) is 2. The number of anilines is 2. The van der Waals surface area contributed by atoms with Gasteiger partial charge in [-0.2, -0.15) is 0 Å². The molecule has 0 N–H and O–H groups in total. The van der Waals surface area contributed by atoms with Crippen LogP contribution in [0, 0.1) is 0 Å². The van der Waals surface area contributed by atoms with E-state index in [9.17, 15) is 4.79 Å². The van der Waals surface area contributed by atoms with Crippen LogP contribution in [0.2, 0.25) is 10.0 Å². The molecular weight excluding hydrogens is 367 g/mol. The molecule has 0 aromatic heterocycles. The smallest absolute Gasteiger partial charge is 0.194 e. The maximum Gasteiger partial charge on any atom is 0.194 e. The fourth-order valence-corrected chi connectivity index (χ4v) is 3.66. The first kappa shape index (κ1) is 20.6. The summed E-state index contributed by atoms with van der Waals surface area (Å²) in [4.78, 5) is 17.2. The van der Waals surface area contributed by atoms with Gasteiger partial charge in [0.15, 0.2) is 5.78 Å². The summed E-state index contributed by atoms with van der Waals surface area (Å²) in [6.45, 7) is 11.9. The zero-order chi connectivity index (χ0) is 19.3. The van der Waals surface area contributed by atoms with Gasteiger partial charge in [0.1, 0.15) is 0 Å². The summed E-state index contributed by atoms with van der Waals surface area (Å²) >= 11 is 12.8. The number of hydrogen-bond donors (Lipinski definition) is 0. The maximum atomic E-state index is 12.9. The van der Waals surface area contributed by atoms with Crippen LogP contribution in [0.3, 0.4) is 0 Å². The van der Waals surface area contributed by atoms with Gasteiger partial charge in [-0.1, -0.05) is 23.2 Å². The molecular formula is C21H26Cl2N2O. The van der Waals surface area contributed by atoms with Crippen molar-refractivity contribution in [1.29, 1.82) is 0 Å². The largest absolute Gasteiger partial charge is 0.372 e. The van der Waals surface area contributed by atoms with E-state index < -0.39 is 0 Å². The monoisotopic (exact) mass is 392 g/mol. The Labute approximate surface area is 166 Å². The van der Waals surface area contributed by atoms with Crippen molar-refractivity contribution in [1.82, 2.24) is 0 Å². The number of ketones is 1. The van der Waals surface area contributed by atoms with Crippen LogP contribution in [0.25, 0.3) is 0 Å². The lowest BCUT2D eigenvalue weighted by atomic mass is 10.0. The Balaban J connectivity index is 2.33. The number of carbonyl (C=O) groups excluding carboxylic acids is 1. The number of benzene rings is 2. The lowest BCUT2D eigenvalue weighted by molar-refractivity contribution is 0.103. The predicted octanol–water partition coefficient (Wildman–Crippen LogP) is 5.92. The molecule has 26 heavy (non-hydrogen) atoms. The van der Waals surface area contributed by atoms with Gasteiger partial charge in [-0.15, -0.1) is 0 Å². The topological polar surface area (TPSA) is 23.6 Å². The van der Waals surface area contributed by atoms with E-state index in [1.165, 1.54) is 0 Å². The SMILES string of the molecule is CCN(CC)c1ccc(C(=O)c2ccc(N(CC)CC)c(Cl)c2)c(Cl)c1. The first-order chi connectivity index (χ1) is 12.5. The highest BCUT2D eigenvalue weighted by Crippen LogP contribution is 2.30. The third kappa shape index (κ3) is 4.33. The molecule has 3 nitrogen and oxygen atoms in total. The molecule has 0 spiro atoms. The van der Waals surface area contributed by atoms with E-state index >= 15 is 0 Å². The van der Waals surface area contributed by atoms with Crippen LogP contribution in [-0.4, -0.2) is 32.0 Å². The summed E-state index contributed by atoms with van der Waals surface area (Å²) in [6.07, 6.45) is 0. The highest BCUT2D eigenvalue weighted by Gasteiger charge is 2.17. The Kier molecular flexibility index (Phi) is 7.36. The van der Waals surface area contributed by atoms with Gasteiger partial charge < -0.3 is 9.80 Å². The molecule has 0 bridgehead atoms. The fraction of sp³-hybridized carbons (Fsp3) is 0.381. The van der Waals surface area contributed by atoms with Crippen LogP contribution < -0.4 is 9.80 Å². The van der Waals surface area contributed by atoms with Crippen molar-refractivity contribution in [2.75, 3.05) is 36.0 Å². The predicted molar refractivity (Wildman–Crippen MR) is 113 cm³/mol. The van der Waals surface area contributed by atoms with Crippen molar-refractivity contribution < 1.29 is 4.79 Å². The minimum atomic E-state index is -0.117. The lowest BCUT2D eigenvalue weighted by Crippen LogP contribution is -2.22. The molecule has 0 radical (unpaired) electrons. The van der Waals surface area contributed by atoms with Crippen molar-refractivity contribution >= 4 is 40.4 Å². The first-order valence-electron chi connectivity index (χ1n) is 9.10. The van der Waals surface area contributed by atoms with Crippen LogP contribution in [0.1, 0.15) is 43.6 Å². The Bertz CT molecular complexity index is 769. The fourth-order valence-electron chi connectivity index (χ4n) is 3.10. The van der Waals surface area contributed by atoms with Gasteiger partial charge in [0.2, 0.25) is 0 Å². The standard InChI is InChI=1S/C21H26Cl2N2O/c1-5-24(6-2)16-10-11-17(18(22)14-16)21(26)15-9-12-20(19(23)13-15)25(7-3)8-4/h9-14H,5-8H2,1-4H3. The lowest BCUT2D eigenvalue weighted by Gasteiger charge is -2.23. The van der Waals surface area contributed by atoms with E-state index in [4.69, 9.17) is 23.2 Å². The summed E-state index contributed by atoms with van der Waals surface area (Å²) in [5.74, 6) is -0.117. The summed E-state index contributed by atoms with van der Waals surface area (Å²) in [7, 11) is 0. The van der Waals surface area contributed by atoms with Crippen LogP contribution in [-0.2, 0) is 0 Å². The second-order valence-corrected chi connectivity index (χ2v) is 6.82. The highest BCUT2D eigenvalue weighted by molar-refractivity contribution is 6.36. The quantitative estimate of drug-likeness (QED) is 0.521. The van der Waals surface area contributed by atoms with E-state index in [0.29, 0.717) is 21.2 Å². The average molecular weight is 393 g/mol. The normalized spacial score (nSPS) is 10.7. The molecule has 0 fully saturated rings. The molecule has 0 amide bonds. The third-order valence-electron chi connectivity index (χ3n) is 4.64. The summed E-state index contributed by atoms with van der Waals surface area (Å²) in [5, 5.41) is 1.04. The molecule has 2 aromatic rings. The van der Waals surface area contributed by atoms with Crippen LogP contribution in [0.15, 0.2) is 36.4 Å². The zero-order valence-electron chi connectivity index (χ0n) is 15.9. The Hall–Kier alpha value is -1.71. The molecule has 0 atom stereocenters. The molecule has 140 valence electrons. The van der Waals surface area contributed by atoms with Crippen molar-refractivity contribution in [3.8, 4) is 0 Å². The molecule has 2 rings (SSSR count). The summed E-state index contributed by atoms with van der Waals surface area (Å²) in [5.41, 5.74) is 3.00. The van der Waals surface area contributed by atoms with Gasteiger partial charge in [0.05, 0.1) is 15.7 Å². The van der Waals surface area contributed by atoms with Crippen molar-refractivity contribution in [3.63, 3.8) is 0 Å². The first-order valence-corrected chi connectivity index (χ1v) is 9.85. The third-order valence-corrected chi connectivity index (χ3v) is 5.26. The molecule has 0 saturated carbocycles. The van der Waals surface area contributed by atoms with Gasteiger partial charge in [-0.3, -0.25) is 4.79 Å². The summed E-state index contributed by atoms with van der Waals surface area (Å²) in [6, 6.07) is 11.0. The Morgan fingerprint density at radius 3 is 1.92 bits per heavy atom. The van der Waals surface area contributed by atoms with E-state index in [1.54, 1.807) is 12.1 Å². The van der Waals surface area contributed by atoms with Crippen molar-refractivity contribution in [2.24, 2.45) is 0 Å².